The molecule has 0 atom stereocenters. The molecule has 0 bridgehead atoms. The lowest BCUT2D eigenvalue weighted by Crippen LogP contribution is -2.44. The molecule has 0 amide bonds. The van der Waals surface area contributed by atoms with Crippen molar-refractivity contribution in [3.8, 4) is 5.75 Å². The maximum Gasteiger partial charge on any atom is 0.204 e. The van der Waals surface area contributed by atoms with Crippen LogP contribution in [0.5, 0.6) is 5.75 Å². The average Bonchev–Trinajstić information content (AvgIpc) is 2.97. The molecule has 0 aliphatic carbocycles. The van der Waals surface area contributed by atoms with E-state index in [9.17, 15) is 5.11 Å². The van der Waals surface area contributed by atoms with Crippen LogP contribution in [-0.4, -0.2) is 66.3 Å². The molecule has 110 valence electrons. The first-order valence-corrected chi connectivity index (χ1v) is 7.05. The Kier molecular flexibility index (Phi) is 4.16. The zero-order chi connectivity index (χ0) is 13.9. The molecule has 3 rings (SSSR count). The van der Waals surface area contributed by atoms with Gasteiger partial charge in [0, 0.05) is 32.7 Å². The highest BCUT2D eigenvalue weighted by molar-refractivity contribution is 5.29. The molecule has 0 aromatic carbocycles. The van der Waals surface area contributed by atoms with Crippen LogP contribution in [0.4, 0.5) is 0 Å². The summed E-state index contributed by atoms with van der Waals surface area (Å²) in [5.74, 6) is 0.138. The van der Waals surface area contributed by atoms with Crippen molar-refractivity contribution >= 4 is 0 Å². The predicted molar refractivity (Wildman–Crippen MR) is 73.3 cm³/mol. The van der Waals surface area contributed by atoms with Crippen LogP contribution < -0.4 is 0 Å². The third-order valence-corrected chi connectivity index (χ3v) is 3.79. The van der Waals surface area contributed by atoms with Crippen molar-refractivity contribution in [2.24, 2.45) is 0 Å². The van der Waals surface area contributed by atoms with Gasteiger partial charge < -0.3 is 19.5 Å². The Hall–Kier alpha value is -1.21. The Morgan fingerprint density at radius 2 is 1.90 bits per heavy atom. The van der Waals surface area contributed by atoms with Gasteiger partial charge >= 0.3 is 0 Å². The summed E-state index contributed by atoms with van der Waals surface area (Å²) in [7, 11) is 2.14. The van der Waals surface area contributed by atoms with E-state index in [-0.39, 0.29) is 5.75 Å². The predicted octanol–water partition coefficient (Wildman–Crippen LogP) is 0.580. The van der Waals surface area contributed by atoms with Gasteiger partial charge in [-0.2, -0.15) is 0 Å². The number of aromatic nitrogens is 1. The molecular formula is C14H21N3O3. The topological polar surface area (TPSA) is 58.1 Å². The summed E-state index contributed by atoms with van der Waals surface area (Å²) in [6.07, 6.45) is -0.526. The van der Waals surface area contributed by atoms with E-state index in [1.807, 2.05) is 6.07 Å². The minimum atomic E-state index is -0.526. The van der Waals surface area contributed by atoms with Crippen molar-refractivity contribution in [1.82, 2.24) is 14.8 Å². The molecular weight excluding hydrogens is 258 g/mol. The summed E-state index contributed by atoms with van der Waals surface area (Å²) in [5, 5.41) is 9.89. The monoisotopic (exact) mass is 279 g/mol. The Balaban J connectivity index is 1.69. The molecule has 2 fully saturated rings. The molecule has 2 aliphatic heterocycles. The third kappa shape index (κ3) is 3.09. The van der Waals surface area contributed by atoms with Crippen molar-refractivity contribution in [3.05, 3.63) is 23.5 Å². The van der Waals surface area contributed by atoms with Crippen LogP contribution in [0.15, 0.2) is 12.1 Å². The fourth-order valence-corrected chi connectivity index (χ4v) is 2.52. The summed E-state index contributed by atoms with van der Waals surface area (Å²) in [6, 6.07) is 3.55. The number of ether oxygens (including phenoxy) is 2. The van der Waals surface area contributed by atoms with E-state index >= 15 is 0 Å². The number of rotatable bonds is 3. The van der Waals surface area contributed by atoms with Crippen LogP contribution in [0, 0.1) is 0 Å². The molecule has 0 saturated carbocycles. The summed E-state index contributed by atoms with van der Waals surface area (Å²) >= 11 is 0. The lowest BCUT2D eigenvalue weighted by atomic mass is 10.2. The molecule has 1 aromatic heterocycles. The summed E-state index contributed by atoms with van der Waals surface area (Å²) < 4.78 is 10.8. The van der Waals surface area contributed by atoms with E-state index in [1.165, 1.54) is 0 Å². The van der Waals surface area contributed by atoms with Gasteiger partial charge in [0.25, 0.3) is 0 Å². The van der Waals surface area contributed by atoms with Gasteiger partial charge in [-0.1, -0.05) is 0 Å². The first-order chi connectivity index (χ1) is 9.72. The number of nitrogens with zero attached hydrogens (tertiary/aromatic N) is 3. The molecule has 2 saturated heterocycles. The van der Waals surface area contributed by atoms with Crippen molar-refractivity contribution < 1.29 is 14.6 Å². The van der Waals surface area contributed by atoms with E-state index in [2.05, 4.69) is 21.8 Å². The zero-order valence-electron chi connectivity index (χ0n) is 11.8. The number of hydrogen-bond donors (Lipinski definition) is 1. The Bertz CT molecular complexity index is 455. The quantitative estimate of drug-likeness (QED) is 0.873. The number of hydrogen-bond acceptors (Lipinski definition) is 6. The molecule has 20 heavy (non-hydrogen) atoms. The van der Waals surface area contributed by atoms with Crippen molar-refractivity contribution in [2.45, 2.75) is 12.8 Å². The van der Waals surface area contributed by atoms with Gasteiger partial charge in [-0.25, -0.2) is 4.98 Å². The second-order valence-corrected chi connectivity index (χ2v) is 5.36. The van der Waals surface area contributed by atoms with Crippen molar-refractivity contribution in [3.63, 3.8) is 0 Å². The van der Waals surface area contributed by atoms with Crippen LogP contribution >= 0.6 is 0 Å². The highest BCUT2D eigenvalue weighted by Gasteiger charge is 2.24. The molecule has 0 radical (unpaired) electrons. The van der Waals surface area contributed by atoms with Crippen LogP contribution in [0.25, 0.3) is 0 Å². The first kappa shape index (κ1) is 13.8. The SMILES string of the molecule is CN1CCN(Cc2ccc(O)c(C3OCCO3)n2)CC1. The minimum Gasteiger partial charge on any atom is -0.506 e. The Morgan fingerprint density at radius 3 is 2.60 bits per heavy atom. The number of aromatic hydroxyl groups is 1. The number of likely N-dealkylation sites (N-methyl/N-ethyl adjacent to an activating group) is 1. The summed E-state index contributed by atoms with van der Waals surface area (Å²) in [5.41, 5.74) is 1.44. The van der Waals surface area contributed by atoms with Gasteiger partial charge in [0.15, 0.2) is 0 Å². The minimum absolute atomic E-state index is 0.138. The highest BCUT2D eigenvalue weighted by Crippen LogP contribution is 2.29. The Labute approximate surface area is 118 Å². The summed E-state index contributed by atoms with van der Waals surface area (Å²) in [4.78, 5) is 9.21. The molecule has 3 heterocycles. The number of pyridine rings is 1. The van der Waals surface area contributed by atoms with Crippen molar-refractivity contribution in [1.29, 1.82) is 0 Å². The Morgan fingerprint density at radius 1 is 1.20 bits per heavy atom. The smallest absolute Gasteiger partial charge is 0.204 e. The zero-order valence-corrected chi connectivity index (χ0v) is 11.8. The second-order valence-electron chi connectivity index (χ2n) is 5.36. The van der Waals surface area contributed by atoms with E-state index in [1.54, 1.807) is 6.07 Å². The van der Waals surface area contributed by atoms with Crippen molar-refractivity contribution in [2.75, 3.05) is 46.4 Å². The van der Waals surface area contributed by atoms with Gasteiger partial charge in [-0.3, -0.25) is 4.90 Å². The highest BCUT2D eigenvalue weighted by atomic mass is 16.7. The normalized spacial score (nSPS) is 22.4. The van der Waals surface area contributed by atoms with Gasteiger partial charge in [0.1, 0.15) is 11.4 Å². The molecule has 1 aromatic rings. The summed E-state index contributed by atoms with van der Waals surface area (Å²) in [6.45, 7) is 6.16. The maximum absolute atomic E-state index is 9.89. The standard InChI is InChI=1S/C14H21N3O3/c1-16-4-6-17(7-5-16)10-11-2-3-12(18)13(15-11)14-19-8-9-20-14/h2-3,14,18H,4-10H2,1H3. The second kappa shape index (κ2) is 6.05. The van der Waals surface area contributed by atoms with Gasteiger partial charge in [0.05, 0.1) is 18.9 Å². The fourth-order valence-electron chi connectivity index (χ4n) is 2.52. The fraction of sp³-hybridized carbons (Fsp3) is 0.643. The lowest BCUT2D eigenvalue weighted by molar-refractivity contribution is -0.0489. The molecule has 6 nitrogen and oxygen atoms in total. The molecule has 2 aliphatic rings. The largest absolute Gasteiger partial charge is 0.506 e. The number of piperazine rings is 1. The van der Waals surface area contributed by atoms with Gasteiger partial charge in [0.2, 0.25) is 6.29 Å². The van der Waals surface area contributed by atoms with E-state index < -0.39 is 6.29 Å². The van der Waals surface area contributed by atoms with Crippen LogP contribution in [0.3, 0.4) is 0 Å². The van der Waals surface area contributed by atoms with Gasteiger partial charge in [-0.05, 0) is 19.2 Å². The van der Waals surface area contributed by atoms with Crippen LogP contribution in [0.2, 0.25) is 0 Å². The molecule has 6 heteroatoms. The van der Waals surface area contributed by atoms with Crippen LogP contribution in [0.1, 0.15) is 17.7 Å². The molecule has 1 N–H and O–H groups in total. The first-order valence-electron chi connectivity index (χ1n) is 7.05. The van der Waals surface area contributed by atoms with E-state index in [0.717, 1.165) is 38.4 Å². The maximum atomic E-state index is 9.89. The van der Waals surface area contributed by atoms with E-state index in [0.29, 0.717) is 18.9 Å². The molecule has 0 spiro atoms. The molecule has 0 unspecified atom stereocenters. The average molecular weight is 279 g/mol. The van der Waals surface area contributed by atoms with Gasteiger partial charge in [-0.15, -0.1) is 0 Å². The van der Waals surface area contributed by atoms with Crippen LogP contribution in [-0.2, 0) is 16.0 Å². The van der Waals surface area contributed by atoms with E-state index in [4.69, 9.17) is 9.47 Å². The lowest BCUT2D eigenvalue weighted by Gasteiger charge is -2.32. The third-order valence-electron chi connectivity index (χ3n) is 3.79.